The van der Waals surface area contributed by atoms with Gasteiger partial charge in [0.25, 0.3) is 0 Å². The molecule has 0 heterocycles. The van der Waals surface area contributed by atoms with Gasteiger partial charge in [-0.3, -0.25) is 4.79 Å². The van der Waals surface area contributed by atoms with Crippen LogP contribution in [-0.2, 0) is 19.3 Å². The number of carbonyl (C=O) groups excluding carboxylic acids is 1. The first-order chi connectivity index (χ1) is 8.34. The lowest BCUT2D eigenvalue weighted by Crippen LogP contribution is -2.03. The van der Waals surface area contributed by atoms with Crippen LogP contribution in [0.5, 0.6) is 0 Å². The monoisotopic (exact) mass is 220 g/mol. The minimum atomic E-state index is 0.211. The number of ketones is 1. The molecule has 1 heteroatoms. The van der Waals surface area contributed by atoms with Crippen LogP contribution in [0.3, 0.4) is 0 Å². The smallest absolute Gasteiger partial charge is 0.193 e. The van der Waals surface area contributed by atoms with Crippen molar-refractivity contribution in [2.24, 2.45) is 0 Å². The number of benzene rings is 2. The highest BCUT2D eigenvalue weighted by Gasteiger charge is 2.28. The Morgan fingerprint density at radius 2 is 1.65 bits per heavy atom. The van der Waals surface area contributed by atoms with Crippen molar-refractivity contribution in [2.75, 3.05) is 0 Å². The fourth-order valence-electron chi connectivity index (χ4n) is 2.92. The fourth-order valence-corrected chi connectivity index (χ4v) is 2.92. The number of fused-ring (bicyclic) bond motifs is 4. The molecule has 0 unspecified atom stereocenters. The van der Waals surface area contributed by atoms with Gasteiger partial charge in [0.05, 0.1) is 0 Å². The highest BCUT2D eigenvalue weighted by atomic mass is 16.1. The van der Waals surface area contributed by atoms with Crippen molar-refractivity contribution in [1.29, 1.82) is 0 Å². The highest BCUT2D eigenvalue weighted by molar-refractivity contribution is 6.11. The van der Waals surface area contributed by atoms with Crippen LogP contribution < -0.4 is 0 Å². The van der Waals surface area contributed by atoms with E-state index in [-0.39, 0.29) is 5.78 Å². The second kappa shape index (κ2) is 3.07. The summed E-state index contributed by atoms with van der Waals surface area (Å²) in [5, 5.41) is 0. The Morgan fingerprint density at radius 1 is 0.765 bits per heavy atom. The number of hydrogen-bond donors (Lipinski definition) is 0. The Bertz CT molecular complexity index is 653. The van der Waals surface area contributed by atoms with E-state index < -0.39 is 0 Å². The van der Waals surface area contributed by atoms with Gasteiger partial charge < -0.3 is 0 Å². The maximum Gasteiger partial charge on any atom is 0.193 e. The molecule has 1 nitrogen and oxygen atoms in total. The Balaban J connectivity index is 1.97. The van der Waals surface area contributed by atoms with Crippen LogP contribution >= 0.6 is 0 Å². The molecule has 0 radical (unpaired) electrons. The number of rotatable bonds is 0. The third-order valence-corrected chi connectivity index (χ3v) is 3.92. The zero-order valence-electron chi connectivity index (χ0n) is 9.49. The topological polar surface area (TPSA) is 17.1 Å². The lowest BCUT2D eigenvalue weighted by Gasteiger charge is -2.03. The van der Waals surface area contributed by atoms with Crippen molar-refractivity contribution in [2.45, 2.75) is 19.3 Å². The molecular formula is C16H12O. The normalized spacial score (nSPS) is 15.6. The van der Waals surface area contributed by atoms with E-state index in [1.165, 1.54) is 22.3 Å². The predicted octanol–water partition coefficient (Wildman–Crippen LogP) is 2.92. The SMILES string of the molecule is O=C1c2ccccc2CCc2c1ccc1c2C1. The second-order valence-electron chi connectivity index (χ2n) is 4.89. The molecule has 2 aliphatic rings. The van der Waals surface area contributed by atoms with Crippen LogP contribution in [-0.4, -0.2) is 5.78 Å². The first kappa shape index (κ1) is 9.17. The van der Waals surface area contributed by atoms with E-state index in [9.17, 15) is 4.79 Å². The van der Waals surface area contributed by atoms with Crippen LogP contribution in [0.15, 0.2) is 36.4 Å². The third kappa shape index (κ3) is 1.22. The van der Waals surface area contributed by atoms with E-state index in [2.05, 4.69) is 12.1 Å². The van der Waals surface area contributed by atoms with Gasteiger partial charge >= 0.3 is 0 Å². The minimum absolute atomic E-state index is 0.211. The fraction of sp³-hybridized carbons (Fsp3) is 0.188. The number of aryl methyl sites for hydroxylation is 1. The van der Waals surface area contributed by atoms with Crippen LogP contribution in [0.2, 0.25) is 0 Å². The lowest BCUT2D eigenvalue weighted by molar-refractivity contribution is 0.103. The molecule has 0 aromatic heterocycles. The molecule has 0 aliphatic heterocycles. The molecule has 0 spiro atoms. The van der Waals surface area contributed by atoms with Gasteiger partial charge in [-0.25, -0.2) is 0 Å². The number of carbonyl (C=O) groups is 1. The number of hydrogen-bond acceptors (Lipinski definition) is 1. The zero-order valence-corrected chi connectivity index (χ0v) is 9.49. The van der Waals surface area contributed by atoms with Gasteiger partial charge in [-0.05, 0) is 41.5 Å². The van der Waals surface area contributed by atoms with Gasteiger partial charge in [0.15, 0.2) is 5.78 Å². The Kier molecular flexibility index (Phi) is 1.66. The molecule has 2 aliphatic carbocycles. The van der Waals surface area contributed by atoms with Gasteiger partial charge in [0.2, 0.25) is 0 Å². The summed E-state index contributed by atoms with van der Waals surface area (Å²) in [5.41, 5.74) is 7.20. The quantitative estimate of drug-likeness (QED) is 0.569. The molecule has 2 aromatic rings. The summed E-state index contributed by atoms with van der Waals surface area (Å²) in [6, 6.07) is 12.1. The predicted molar refractivity (Wildman–Crippen MR) is 66.5 cm³/mol. The molecule has 4 rings (SSSR count). The molecule has 0 bridgehead atoms. The van der Waals surface area contributed by atoms with Crippen molar-refractivity contribution in [3.8, 4) is 0 Å². The van der Waals surface area contributed by atoms with E-state index >= 15 is 0 Å². The van der Waals surface area contributed by atoms with Gasteiger partial charge in [-0.2, -0.15) is 0 Å². The van der Waals surface area contributed by atoms with Crippen LogP contribution in [0.1, 0.15) is 38.2 Å². The summed E-state index contributed by atoms with van der Waals surface area (Å²) in [6.45, 7) is 0. The largest absolute Gasteiger partial charge is 0.289 e. The summed E-state index contributed by atoms with van der Waals surface area (Å²) < 4.78 is 0. The summed E-state index contributed by atoms with van der Waals surface area (Å²) in [4.78, 5) is 12.5. The zero-order chi connectivity index (χ0) is 11.4. The summed E-state index contributed by atoms with van der Waals surface area (Å²) in [7, 11) is 0. The maximum atomic E-state index is 12.5. The van der Waals surface area contributed by atoms with E-state index in [0.29, 0.717) is 0 Å². The van der Waals surface area contributed by atoms with E-state index in [4.69, 9.17) is 0 Å². The molecule has 17 heavy (non-hydrogen) atoms. The van der Waals surface area contributed by atoms with Gasteiger partial charge in [0, 0.05) is 11.1 Å². The summed E-state index contributed by atoms with van der Waals surface area (Å²) in [6.07, 6.45) is 3.10. The second-order valence-corrected chi connectivity index (χ2v) is 4.89. The molecule has 0 fully saturated rings. The van der Waals surface area contributed by atoms with Crippen LogP contribution in [0, 0.1) is 0 Å². The van der Waals surface area contributed by atoms with Crippen molar-refractivity contribution >= 4 is 5.78 Å². The highest BCUT2D eigenvalue weighted by Crippen LogP contribution is 2.37. The van der Waals surface area contributed by atoms with Crippen molar-refractivity contribution < 1.29 is 4.79 Å². The van der Waals surface area contributed by atoms with Crippen LogP contribution in [0.25, 0.3) is 0 Å². The standard InChI is InChI=1S/C16H12O/c17-16-12-4-2-1-3-10(12)5-7-13-14(16)8-6-11-9-15(11)13/h1-4,6,8H,5,7,9H2. The molecule has 82 valence electrons. The first-order valence-electron chi connectivity index (χ1n) is 6.11. The average molecular weight is 220 g/mol. The Labute approximate surface area is 100 Å². The molecule has 0 N–H and O–H groups in total. The molecule has 2 aromatic carbocycles. The maximum absolute atomic E-state index is 12.5. The van der Waals surface area contributed by atoms with E-state index in [0.717, 1.165) is 30.4 Å². The molecule has 0 saturated carbocycles. The van der Waals surface area contributed by atoms with Gasteiger partial charge in [0.1, 0.15) is 0 Å². The average Bonchev–Trinajstić information content (AvgIpc) is 3.14. The Hall–Kier alpha value is -1.89. The van der Waals surface area contributed by atoms with E-state index in [1.54, 1.807) is 0 Å². The summed E-state index contributed by atoms with van der Waals surface area (Å²) >= 11 is 0. The lowest BCUT2D eigenvalue weighted by atomic mass is 9.99. The third-order valence-electron chi connectivity index (χ3n) is 3.92. The van der Waals surface area contributed by atoms with Crippen molar-refractivity contribution in [3.05, 3.63) is 69.8 Å². The summed E-state index contributed by atoms with van der Waals surface area (Å²) in [5.74, 6) is 0.211. The molecule has 0 amide bonds. The minimum Gasteiger partial charge on any atom is -0.289 e. The first-order valence-corrected chi connectivity index (χ1v) is 6.11. The van der Waals surface area contributed by atoms with Crippen molar-refractivity contribution in [3.63, 3.8) is 0 Å². The molecular weight excluding hydrogens is 208 g/mol. The van der Waals surface area contributed by atoms with E-state index in [1.807, 2.05) is 24.3 Å². The van der Waals surface area contributed by atoms with Gasteiger partial charge in [-0.15, -0.1) is 0 Å². The Morgan fingerprint density at radius 3 is 2.59 bits per heavy atom. The molecule has 0 atom stereocenters. The van der Waals surface area contributed by atoms with Crippen LogP contribution in [0.4, 0.5) is 0 Å². The van der Waals surface area contributed by atoms with Crippen molar-refractivity contribution in [1.82, 2.24) is 0 Å². The molecule has 0 saturated heterocycles. The van der Waals surface area contributed by atoms with Gasteiger partial charge in [-0.1, -0.05) is 36.4 Å².